The van der Waals surface area contributed by atoms with E-state index in [0.717, 1.165) is 0 Å². The van der Waals surface area contributed by atoms with Crippen LogP contribution in [0.25, 0.3) is 0 Å². The molecule has 0 amide bonds. The van der Waals surface area contributed by atoms with E-state index in [9.17, 15) is 9.59 Å². The van der Waals surface area contributed by atoms with E-state index in [-0.39, 0.29) is 12.8 Å². The topological polar surface area (TPSA) is 101 Å². The van der Waals surface area contributed by atoms with Crippen LogP contribution >= 0.6 is 0 Å². The van der Waals surface area contributed by atoms with Crippen molar-refractivity contribution >= 4 is 11.9 Å². The smallest absolute Gasteiger partial charge is 0.323 e. The molecular formula is C7H11NO4. The molecule has 1 aliphatic rings. The van der Waals surface area contributed by atoms with Crippen molar-refractivity contribution in [3.8, 4) is 0 Å². The lowest BCUT2D eigenvalue weighted by Crippen LogP contribution is -2.45. The minimum atomic E-state index is -1.32. The minimum Gasteiger partial charge on any atom is -0.481 e. The third kappa shape index (κ3) is 1.40. The Hall–Kier alpha value is -1.10. The summed E-state index contributed by atoms with van der Waals surface area (Å²) < 4.78 is 0. The largest absolute Gasteiger partial charge is 0.481 e. The molecule has 0 heterocycles. The maximum Gasteiger partial charge on any atom is 0.323 e. The molecule has 12 heavy (non-hydrogen) atoms. The maximum absolute atomic E-state index is 10.6. The lowest BCUT2D eigenvalue weighted by molar-refractivity contribution is -0.144. The second kappa shape index (κ2) is 2.75. The predicted octanol–water partition coefficient (Wildman–Crippen LogP) is -0.347. The summed E-state index contributed by atoms with van der Waals surface area (Å²) in [6.45, 7) is 0. The molecule has 0 aromatic carbocycles. The van der Waals surface area contributed by atoms with E-state index >= 15 is 0 Å². The van der Waals surface area contributed by atoms with Crippen LogP contribution in [0, 0.1) is 5.92 Å². The molecule has 2 atom stereocenters. The van der Waals surface area contributed by atoms with Crippen LogP contribution in [0.1, 0.15) is 19.3 Å². The van der Waals surface area contributed by atoms with Gasteiger partial charge < -0.3 is 15.9 Å². The van der Waals surface area contributed by atoms with Gasteiger partial charge in [0.15, 0.2) is 0 Å². The molecule has 1 rings (SSSR count). The fourth-order valence-electron chi connectivity index (χ4n) is 1.48. The van der Waals surface area contributed by atoms with E-state index in [2.05, 4.69) is 0 Å². The molecule has 0 aliphatic heterocycles. The van der Waals surface area contributed by atoms with Gasteiger partial charge in [0, 0.05) is 0 Å². The molecule has 0 spiro atoms. The first-order chi connectivity index (χ1) is 5.46. The lowest BCUT2D eigenvalue weighted by atomic mass is 9.98. The maximum atomic E-state index is 10.6. The summed E-state index contributed by atoms with van der Waals surface area (Å²) in [7, 11) is 0. The molecule has 4 N–H and O–H groups in total. The monoisotopic (exact) mass is 173 g/mol. The van der Waals surface area contributed by atoms with Crippen molar-refractivity contribution in [1.29, 1.82) is 0 Å². The minimum absolute atomic E-state index is 0.0394. The normalized spacial score (nSPS) is 34.9. The van der Waals surface area contributed by atoms with E-state index in [1.165, 1.54) is 0 Å². The fourth-order valence-corrected chi connectivity index (χ4v) is 1.48. The molecule has 1 fully saturated rings. The molecule has 0 saturated heterocycles. The van der Waals surface area contributed by atoms with Crippen LogP contribution in [-0.2, 0) is 9.59 Å². The number of hydrogen-bond donors (Lipinski definition) is 3. The third-order valence-corrected chi connectivity index (χ3v) is 2.32. The highest BCUT2D eigenvalue weighted by molar-refractivity contribution is 5.81. The molecule has 1 unspecified atom stereocenters. The van der Waals surface area contributed by atoms with Crippen LogP contribution in [0.5, 0.6) is 0 Å². The van der Waals surface area contributed by atoms with Crippen LogP contribution in [0.15, 0.2) is 0 Å². The molecule has 0 aromatic heterocycles. The van der Waals surface area contributed by atoms with Crippen LogP contribution in [0.2, 0.25) is 0 Å². The Labute approximate surface area is 69.2 Å². The van der Waals surface area contributed by atoms with Crippen LogP contribution in [0.4, 0.5) is 0 Å². The average molecular weight is 173 g/mol. The number of aliphatic carboxylic acids is 2. The van der Waals surface area contributed by atoms with Crippen molar-refractivity contribution in [3.05, 3.63) is 0 Å². The standard InChI is InChI=1S/C7H11NO4/c8-7(6(11)12)2-1-4(3-7)5(9)10/h4H,1-3,8H2,(H,9,10)(H,11,12)/t4?,7-/m0/s1. The van der Waals surface area contributed by atoms with Gasteiger partial charge in [-0.05, 0) is 19.3 Å². The first-order valence-electron chi connectivity index (χ1n) is 3.71. The van der Waals surface area contributed by atoms with Crippen molar-refractivity contribution < 1.29 is 19.8 Å². The quantitative estimate of drug-likeness (QED) is 0.530. The Bertz CT molecular complexity index is 227. The highest BCUT2D eigenvalue weighted by Gasteiger charge is 2.44. The number of carbonyl (C=O) groups is 2. The number of hydrogen-bond acceptors (Lipinski definition) is 3. The van der Waals surface area contributed by atoms with Gasteiger partial charge in [0.1, 0.15) is 5.54 Å². The zero-order valence-corrected chi connectivity index (χ0v) is 6.49. The van der Waals surface area contributed by atoms with Crippen molar-refractivity contribution in [1.82, 2.24) is 0 Å². The summed E-state index contributed by atoms with van der Waals surface area (Å²) >= 11 is 0. The Kier molecular flexibility index (Phi) is 2.06. The Morgan fingerprint density at radius 3 is 2.25 bits per heavy atom. The molecule has 68 valence electrons. The Balaban J connectivity index is 2.67. The van der Waals surface area contributed by atoms with Gasteiger partial charge in [-0.1, -0.05) is 0 Å². The van der Waals surface area contributed by atoms with Crippen molar-refractivity contribution in [2.75, 3.05) is 0 Å². The first-order valence-corrected chi connectivity index (χ1v) is 3.71. The van der Waals surface area contributed by atoms with Gasteiger partial charge in [0.25, 0.3) is 0 Å². The molecule has 5 heteroatoms. The molecule has 0 bridgehead atoms. The molecular weight excluding hydrogens is 162 g/mol. The zero-order valence-electron chi connectivity index (χ0n) is 6.49. The second-order valence-corrected chi connectivity index (χ2v) is 3.24. The van der Waals surface area contributed by atoms with Gasteiger partial charge >= 0.3 is 11.9 Å². The average Bonchev–Trinajstić information content (AvgIpc) is 2.33. The SMILES string of the molecule is N[C@@]1(C(=O)O)CCC(C(=O)O)C1. The van der Waals surface area contributed by atoms with E-state index in [0.29, 0.717) is 6.42 Å². The summed E-state index contributed by atoms with van der Waals surface area (Å²) in [6.07, 6.45) is 0.648. The summed E-state index contributed by atoms with van der Waals surface area (Å²) in [5.41, 5.74) is 4.15. The number of carboxylic acids is 2. The summed E-state index contributed by atoms with van der Waals surface area (Å²) in [5.74, 6) is -2.65. The van der Waals surface area contributed by atoms with Gasteiger partial charge in [0.05, 0.1) is 5.92 Å². The van der Waals surface area contributed by atoms with Gasteiger partial charge in [-0.25, -0.2) is 0 Å². The van der Waals surface area contributed by atoms with Crippen molar-refractivity contribution in [3.63, 3.8) is 0 Å². The van der Waals surface area contributed by atoms with Gasteiger partial charge in [-0.3, -0.25) is 9.59 Å². The first kappa shape index (κ1) is 8.99. The van der Waals surface area contributed by atoms with E-state index < -0.39 is 23.4 Å². The predicted molar refractivity (Wildman–Crippen MR) is 39.5 cm³/mol. The van der Waals surface area contributed by atoms with E-state index in [1.54, 1.807) is 0 Å². The van der Waals surface area contributed by atoms with Gasteiger partial charge in [0.2, 0.25) is 0 Å². The third-order valence-electron chi connectivity index (χ3n) is 2.32. The fraction of sp³-hybridized carbons (Fsp3) is 0.714. The van der Waals surface area contributed by atoms with Crippen LogP contribution in [0.3, 0.4) is 0 Å². The highest BCUT2D eigenvalue weighted by atomic mass is 16.4. The highest BCUT2D eigenvalue weighted by Crippen LogP contribution is 2.32. The van der Waals surface area contributed by atoms with Crippen molar-refractivity contribution in [2.45, 2.75) is 24.8 Å². The number of nitrogens with two attached hydrogens (primary N) is 1. The van der Waals surface area contributed by atoms with Crippen LogP contribution < -0.4 is 5.73 Å². The molecule has 0 radical (unpaired) electrons. The van der Waals surface area contributed by atoms with E-state index in [4.69, 9.17) is 15.9 Å². The zero-order chi connectivity index (χ0) is 9.35. The second-order valence-electron chi connectivity index (χ2n) is 3.24. The van der Waals surface area contributed by atoms with Gasteiger partial charge in [-0.15, -0.1) is 0 Å². The molecule has 1 aliphatic carbocycles. The lowest BCUT2D eigenvalue weighted by Gasteiger charge is -2.16. The molecule has 0 aromatic rings. The summed E-state index contributed by atoms with van der Waals surface area (Å²) in [4.78, 5) is 21.0. The van der Waals surface area contributed by atoms with Crippen LogP contribution in [-0.4, -0.2) is 27.7 Å². The summed E-state index contributed by atoms with van der Waals surface area (Å²) in [5, 5.41) is 17.2. The summed E-state index contributed by atoms with van der Waals surface area (Å²) in [6, 6.07) is 0. The molecule has 5 nitrogen and oxygen atoms in total. The Morgan fingerprint density at radius 1 is 1.42 bits per heavy atom. The van der Waals surface area contributed by atoms with E-state index in [1.807, 2.05) is 0 Å². The van der Waals surface area contributed by atoms with Gasteiger partial charge in [-0.2, -0.15) is 0 Å². The number of rotatable bonds is 2. The van der Waals surface area contributed by atoms with Crippen molar-refractivity contribution in [2.24, 2.45) is 11.7 Å². The number of carboxylic acid groups (broad SMARTS) is 2. The Morgan fingerprint density at radius 2 is 2.00 bits per heavy atom. The molecule has 1 saturated carbocycles.